The quantitative estimate of drug-likeness (QED) is 0.746. The Morgan fingerprint density at radius 3 is 2.86 bits per heavy atom. The molecule has 14 heavy (non-hydrogen) atoms. The first-order valence-electron chi connectivity index (χ1n) is 4.39. The standard InChI is InChI=1S/C8H12N6/c1-7-6-13(8(9)11-7)4-5-14-3-2-10-12-14/h2-3,6H,4-5H2,1H3,(H2,9,11). The van der Waals surface area contributed by atoms with Crippen molar-refractivity contribution in [2.75, 3.05) is 5.73 Å². The first-order valence-corrected chi connectivity index (χ1v) is 4.39. The summed E-state index contributed by atoms with van der Waals surface area (Å²) < 4.78 is 3.66. The highest BCUT2D eigenvalue weighted by atomic mass is 15.4. The number of aryl methyl sites for hydroxylation is 3. The van der Waals surface area contributed by atoms with Crippen molar-refractivity contribution in [2.24, 2.45) is 0 Å². The summed E-state index contributed by atoms with van der Waals surface area (Å²) in [7, 11) is 0. The van der Waals surface area contributed by atoms with Crippen LogP contribution in [0.2, 0.25) is 0 Å². The van der Waals surface area contributed by atoms with Gasteiger partial charge in [-0.3, -0.25) is 4.68 Å². The second-order valence-corrected chi connectivity index (χ2v) is 3.10. The van der Waals surface area contributed by atoms with Crippen molar-refractivity contribution in [3.63, 3.8) is 0 Å². The highest BCUT2D eigenvalue weighted by Crippen LogP contribution is 2.03. The average Bonchev–Trinajstić information content (AvgIpc) is 2.72. The first kappa shape index (κ1) is 8.74. The summed E-state index contributed by atoms with van der Waals surface area (Å²) in [5.41, 5.74) is 6.62. The third-order valence-electron chi connectivity index (χ3n) is 1.97. The van der Waals surface area contributed by atoms with Gasteiger partial charge < -0.3 is 10.3 Å². The van der Waals surface area contributed by atoms with Crippen LogP contribution in [0.4, 0.5) is 5.95 Å². The molecule has 74 valence electrons. The van der Waals surface area contributed by atoms with Gasteiger partial charge in [0.05, 0.1) is 18.4 Å². The van der Waals surface area contributed by atoms with Gasteiger partial charge in [-0.15, -0.1) is 5.10 Å². The van der Waals surface area contributed by atoms with E-state index in [0.717, 1.165) is 18.8 Å². The topological polar surface area (TPSA) is 74.5 Å². The molecule has 0 spiro atoms. The summed E-state index contributed by atoms with van der Waals surface area (Å²) >= 11 is 0. The maximum atomic E-state index is 5.69. The molecular weight excluding hydrogens is 180 g/mol. The number of nitrogen functional groups attached to an aromatic ring is 1. The fourth-order valence-corrected chi connectivity index (χ4v) is 1.31. The Balaban J connectivity index is 2.01. The van der Waals surface area contributed by atoms with E-state index < -0.39 is 0 Å². The van der Waals surface area contributed by atoms with E-state index in [1.165, 1.54) is 0 Å². The maximum Gasteiger partial charge on any atom is 0.200 e. The number of hydrogen-bond acceptors (Lipinski definition) is 4. The zero-order valence-corrected chi connectivity index (χ0v) is 7.96. The van der Waals surface area contributed by atoms with E-state index in [1.807, 2.05) is 23.9 Å². The molecule has 2 rings (SSSR count). The Bertz CT molecular complexity index is 401. The molecule has 6 nitrogen and oxygen atoms in total. The Hall–Kier alpha value is -1.85. The molecule has 0 bridgehead atoms. The monoisotopic (exact) mass is 192 g/mol. The van der Waals surface area contributed by atoms with E-state index in [2.05, 4.69) is 15.3 Å². The van der Waals surface area contributed by atoms with E-state index in [1.54, 1.807) is 10.9 Å². The van der Waals surface area contributed by atoms with Gasteiger partial charge >= 0.3 is 0 Å². The predicted octanol–water partition coefficient (Wildman–Crippen LogP) is 0.0654. The van der Waals surface area contributed by atoms with E-state index in [0.29, 0.717) is 5.95 Å². The molecule has 2 N–H and O–H groups in total. The number of aromatic nitrogens is 5. The lowest BCUT2D eigenvalue weighted by Gasteiger charge is -2.03. The van der Waals surface area contributed by atoms with Gasteiger partial charge in [-0.25, -0.2) is 4.98 Å². The highest BCUT2D eigenvalue weighted by Gasteiger charge is 2.00. The summed E-state index contributed by atoms with van der Waals surface area (Å²) in [5, 5.41) is 7.58. The average molecular weight is 192 g/mol. The van der Waals surface area contributed by atoms with E-state index in [4.69, 9.17) is 5.73 Å². The van der Waals surface area contributed by atoms with Crippen LogP contribution in [-0.2, 0) is 13.1 Å². The summed E-state index contributed by atoms with van der Waals surface area (Å²) in [5.74, 6) is 0.544. The van der Waals surface area contributed by atoms with Crippen molar-refractivity contribution in [3.8, 4) is 0 Å². The predicted molar refractivity (Wildman–Crippen MR) is 51.4 cm³/mol. The molecule has 0 amide bonds. The lowest BCUT2D eigenvalue weighted by atomic mass is 10.5. The van der Waals surface area contributed by atoms with Gasteiger partial charge in [0.1, 0.15) is 0 Å². The second-order valence-electron chi connectivity index (χ2n) is 3.10. The van der Waals surface area contributed by atoms with Crippen LogP contribution >= 0.6 is 0 Å². The fraction of sp³-hybridized carbons (Fsp3) is 0.375. The molecule has 2 aromatic heterocycles. The first-order chi connectivity index (χ1) is 6.75. The molecule has 0 aliphatic rings. The third-order valence-corrected chi connectivity index (χ3v) is 1.97. The van der Waals surface area contributed by atoms with Crippen LogP contribution in [0.3, 0.4) is 0 Å². The van der Waals surface area contributed by atoms with Crippen LogP contribution in [0.15, 0.2) is 18.6 Å². The Labute approximate surface area is 81.4 Å². The molecule has 0 aliphatic heterocycles. The molecule has 6 heteroatoms. The van der Waals surface area contributed by atoms with Crippen molar-refractivity contribution in [1.29, 1.82) is 0 Å². The van der Waals surface area contributed by atoms with Crippen LogP contribution in [0, 0.1) is 6.92 Å². The van der Waals surface area contributed by atoms with E-state index in [-0.39, 0.29) is 0 Å². The molecule has 0 aliphatic carbocycles. The minimum absolute atomic E-state index is 0.544. The van der Waals surface area contributed by atoms with Crippen molar-refractivity contribution in [1.82, 2.24) is 24.5 Å². The van der Waals surface area contributed by atoms with Crippen molar-refractivity contribution in [2.45, 2.75) is 20.0 Å². The molecular formula is C8H12N6. The van der Waals surface area contributed by atoms with Gasteiger partial charge in [-0.05, 0) is 6.92 Å². The normalized spacial score (nSPS) is 10.6. The molecule has 2 heterocycles. The maximum absolute atomic E-state index is 5.69. The molecule has 0 atom stereocenters. The summed E-state index contributed by atoms with van der Waals surface area (Å²) in [4.78, 5) is 4.11. The Morgan fingerprint density at radius 2 is 2.29 bits per heavy atom. The van der Waals surface area contributed by atoms with Crippen LogP contribution in [0.25, 0.3) is 0 Å². The van der Waals surface area contributed by atoms with Crippen molar-refractivity contribution in [3.05, 3.63) is 24.3 Å². The van der Waals surface area contributed by atoms with Crippen molar-refractivity contribution >= 4 is 5.95 Å². The van der Waals surface area contributed by atoms with Crippen LogP contribution in [0.1, 0.15) is 5.69 Å². The highest BCUT2D eigenvalue weighted by molar-refractivity contribution is 5.20. The molecule has 2 aromatic rings. The number of hydrogen-bond donors (Lipinski definition) is 1. The Morgan fingerprint density at radius 1 is 1.43 bits per heavy atom. The fourth-order valence-electron chi connectivity index (χ4n) is 1.31. The van der Waals surface area contributed by atoms with E-state index in [9.17, 15) is 0 Å². The summed E-state index contributed by atoms with van der Waals surface area (Å²) in [6.07, 6.45) is 5.40. The molecule has 0 fully saturated rings. The van der Waals surface area contributed by atoms with Gasteiger partial charge in [-0.1, -0.05) is 5.21 Å². The smallest absolute Gasteiger partial charge is 0.200 e. The number of rotatable bonds is 3. The number of nitrogens with two attached hydrogens (primary N) is 1. The van der Waals surface area contributed by atoms with Crippen LogP contribution < -0.4 is 5.73 Å². The molecule has 0 radical (unpaired) electrons. The molecule has 0 saturated carbocycles. The zero-order valence-electron chi connectivity index (χ0n) is 7.96. The largest absolute Gasteiger partial charge is 0.369 e. The van der Waals surface area contributed by atoms with Gasteiger partial charge in [0, 0.05) is 18.9 Å². The molecule has 0 unspecified atom stereocenters. The third kappa shape index (κ3) is 1.73. The van der Waals surface area contributed by atoms with Crippen LogP contribution in [0.5, 0.6) is 0 Å². The lowest BCUT2D eigenvalue weighted by molar-refractivity contribution is 0.522. The number of nitrogens with zero attached hydrogens (tertiary/aromatic N) is 5. The van der Waals surface area contributed by atoms with Crippen LogP contribution in [-0.4, -0.2) is 24.5 Å². The van der Waals surface area contributed by atoms with Gasteiger partial charge in [0.15, 0.2) is 5.95 Å². The number of imidazole rings is 1. The minimum atomic E-state index is 0.544. The lowest BCUT2D eigenvalue weighted by Crippen LogP contribution is -2.09. The Kier molecular flexibility index (Phi) is 2.18. The zero-order chi connectivity index (χ0) is 9.97. The summed E-state index contributed by atoms with van der Waals surface area (Å²) in [6.45, 7) is 3.43. The molecule has 0 aromatic carbocycles. The SMILES string of the molecule is Cc1cn(CCn2ccnn2)c(N)n1. The molecule has 0 saturated heterocycles. The minimum Gasteiger partial charge on any atom is -0.369 e. The van der Waals surface area contributed by atoms with Gasteiger partial charge in [0.25, 0.3) is 0 Å². The summed E-state index contributed by atoms with van der Waals surface area (Å²) in [6, 6.07) is 0. The van der Waals surface area contributed by atoms with Gasteiger partial charge in [-0.2, -0.15) is 0 Å². The second kappa shape index (κ2) is 3.49. The number of anilines is 1. The van der Waals surface area contributed by atoms with Gasteiger partial charge in [0.2, 0.25) is 0 Å². The van der Waals surface area contributed by atoms with Crippen molar-refractivity contribution < 1.29 is 0 Å². The van der Waals surface area contributed by atoms with E-state index >= 15 is 0 Å².